The number of unbranched alkanes of at least 4 members (excludes halogenated alkanes) is 1. The van der Waals surface area contributed by atoms with Gasteiger partial charge in [0.15, 0.2) is 0 Å². The fraction of sp³-hybridized carbons (Fsp3) is 0.538. The van der Waals surface area contributed by atoms with Crippen molar-refractivity contribution in [2.45, 2.75) is 33.1 Å². The lowest BCUT2D eigenvalue weighted by Gasteiger charge is -2.11. The van der Waals surface area contributed by atoms with E-state index in [2.05, 4.69) is 19.2 Å². The van der Waals surface area contributed by atoms with Crippen LogP contribution >= 0.6 is 23.2 Å². The first-order valence-corrected chi connectivity index (χ1v) is 6.74. The number of nitrogens with two attached hydrogens (primary N) is 1. The van der Waals surface area contributed by atoms with E-state index in [-0.39, 0.29) is 0 Å². The zero-order valence-corrected chi connectivity index (χ0v) is 11.9. The zero-order valence-electron chi connectivity index (χ0n) is 10.4. The smallest absolute Gasteiger partial charge is 0.0720 e. The third-order valence-corrected chi connectivity index (χ3v) is 3.17. The van der Waals surface area contributed by atoms with Gasteiger partial charge in [0.1, 0.15) is 0 Å². The summed E-state index contributed by atoms with van der Waals surface area (Å²) in [5.41, 5.74) is 7.01. The molecule has 0 fully saturated rings. The van der Waals surface area contributed by atoms with Crippen LogP contribution in [0.5, 0.6) is 0 Å². The predicted molar refractivity (Wildman–Crippen MR) is 78.1 cm³/mol. The summed E-state index contributed by atoms with van der Waals surface area (Å²) >= 11 is 12.1. The molecule has 0 heterocycles. The van der Waals surface area contributed by atoms with Crippen molar-refractivity contribution in [2.24, 2.45) is 5.92 Å². The van der Waals surface area contributed by atoms with Gasteiger partial charge < -0.3 is 11.1 Å². The van der Waals surface area contributed by atoms with Crippen LogP contribution in [0.25, 0.3) is 0 Å². The summed E-state index contributed by atoms with van der Waals surface area (Å²) in [6.45, 7) is 5.36. The molecule has 0 bridgehead atoms. The summed E-state index contributed by atoms with van der Waals surface area (Å²) in [7, 11) is 0. The Hall–Kier alpha value is -0.600. The molecule has 1 rings (SSSR count). The highest BCUT2D eigenvalue weighted by molar-refractivity contribution is 6.39. The van der Waals surface area contributed by atoms with Crippen LogP contribution in [0.4, 0.5) is 11.4 Å². The second kappa shape index (κ2) is 6.97. The summed E-state index contributed by atoms with van der Waals surface area (Å²) in [4.78, 5) is 0. The molecule has 3 N–H and O–H groups in total. The van der Waals surface area contributed by atoms with E-state index >= 15 is 0 Å². The highest BCUT2D eigenvalue weighted by atomic mass is 35.5. The molecule has 0 saturated heterocycles. The first kappa shape index (κ1) is 14.5. The molecule has 0 aliphatic rings. The van der Waals surface area contributed by atoms with Crippen molar-refractivity contribution >= 4 is 34.6 Å². The topological polar surface area (TPSA) is 38.0 Å². The lowest BCUT2D eigenvalue weighted by Crippen LogP contribution is -2.03. The van der Waals surface area contributed by atoms with Gasteiger partial charge in [0.2, 0.25) is 0 Å². The number of anilines is 2. The molecule has 0 unspecified atom stereocenters. The van der Waals surface area contributed by atoms with Crippen molar-refractivity contribution in [1.82, 2.24) is 0 Å². The van der Waals surface area contributed by atoms with Crippen molar-refractivity contribution < 1.29 is 0 Å². The van der Waals surface area contributed by atoms with E-state index in [1.165, 1.54) is 12.8 Å². The lowest BCUT2D eigenvalue weighted by atomic mass is 10.1. The summed E-state index contributed by atoms with van der Waals surface area (Å²) in [5.74, 6) is 0.763. The van der Waals surface area contributed by atoms with E-state index in [1.54, 1.807) is 12.1 Å². The second-order valence-corrected chi connectivity index (χ2v) is 5.49. The molecule has 0 spiro atoms. The Balaban J connectivity index is 2.42. The zero-order chi connectivity index (χ0) is 12.8. The van der Waals surface area contributed by atoms with Crippen LogP contribution in [0.3, 0.4) is 0 Å². The van der Waals surface area contributed by atoms with Crippen LogP contribution < -0.4 is 11.1 Å². The molecule has 0 radical (unpaired) electrons. The van der Waals surface area contributed by atoms with E-state index < -0.39 is 0 Å². The van der Waals surface area contributed by atoms with Crippen LogP contribution in [0.1, 0.15) is 33.1 Å². The summed E-state index contributed by atoms with van der Waals surface area (Å²) in [5, 5.41) is 4.43. The van der Waals surface area contributed by atoms with Gasteiger partial charge in [-0.15, -0.1) is 0 Å². The van der Waals surface area contributed by atoms with Crippen LogP contribution in [0, 0.1) is 5.92 Å². The van der Waals surface area contributed by atoms with Crippen molar-refractivity contribution in [1.29, 1.82) is 0 Å². The Bertz CT molecular complexity index is 341. The molecule has 1 aromatic rings. The third kappa shape index (κ3) is 5.05. The number of nitrogens with one attached hydrogen (secondary N) is 1. The molecule has 0 aromatic heterocycles. The second-order valence-electron chi connectivity index (χ2n) is 4.68. The van der Waals surface area contributed by atoms with Crippen molar-refractivity contribution in [2.75, 3.05) is 17.6 Å². The number of halogens is 2. The van der Waals surface area contributed by atoms with Crippen LogP contribution in [-0.4, -0.2) is 6.54 Å². The van der Waals surface area contributed by atoms with Gasteiger partial charge in [-0.05, 0) is 24.5 Å². The molecule has 96 valence electrons. The summed E-state index contributed by atoms with van der Waals surface area (Å²) in [6.07, 6.45) is 3.59. The monoisotopic (exact) mass is 274 g/mol. The fourth-order valence-electron chi connectivity index (χ4n) is 1.65. The highest BCUT2D eigenvalue weighted by Gasteiger charge is 2.06. The van der Waals surface area contributed by atoms with Crippen molar-refractivity contribution in [3.63, 3.8) is 0 Å². The highest BCUT2D eigenvalue weighted by Crippen LogP contribution is 2.32. The molecular weight excluding hydrogens is 255 g/mol. The van der Waals surface area contributed by atoms with E-state index in [0.717, 1.165) is 24.6 Å². The Morgan fingerprint density at radius 2 is 1.76 bits per heavy atom. The minimum Gasteiger partial charge on any atom is -0.399 e. The van der Waals surface area contributed by atoms with Crippen molar-refractivity contribution in [3.05, 3.63) is 22.2 Å². The van der Waals surface area contributed by atoms with Gasteiger partial charge in [0, 0.05) is 12.2 Å². The molecule has 0 saturated carbocycles. The van der Waals surface area contributed by atoms with Crippen LogP contribution in [0.2, 0.25) is 10.0 Å². The predicted octanol–water partition coefficient (Wildman–Crippen LogP) is 4.81. The van der Waals surface area contributed by atoms with E-state index in [4.69, 9.17) is 28.9 Å². The Kier molecular flexibility index (Phi) is 5.93. The molecule has 0 aliphatic carbocycles. The van der Waals surface area contributed by atoms with E-state index in [0.29, 0.717) is 15.7 Å². The maximum absolute atomic E-state index is 6.07. The summed E-state index contributed by atoms with van der Waals surface area (Å²) in [6, 6.07) is 3.42. The van der Waals surface area contributed by atoms with Crippen molar-refractivity contribution in [3.8, 4) is 0 Å². The van der Waals surface area contributed by atoms with E-state index in [1.807, 2.05) is 0 Å². The first-order valence-electron chi connectivity index (χ1n) is 5.99. The van der Waals surface area contributed by atoms with Crippen LogP contribution in [0.15, 0.2) is 12.1 Å². The number of benzene rings is 1. The first-order chi connectivity index (χ1) is 8.00. The molecule has 0 amide bonds. The lowest BCUT2D eigenvalue weighted by molar-refractivity contribution is 0.545. The molecular formula is C13H20Cl2N2. The average Bonchev–Trinajstić information content (AvgIpc) is 2.20. The normalized spacial score (nSPS) is 10.9. The van der Waals surface area contributed by atoms with Gasteiger partial charge in [-0.25, -0.2) is 0 Å². The third-order valence-electron chi connectivity index (χ3n) is 2.57. The SMILES string of the molecule is CC(C)CCCCNc1c(Cl)cc(N)cc1Cl. The van der Waals surface area contributed by atoms with Gasteiger partial charge in [-0.2, -0.15) is 0 Å². The number of rotatable bonds is 6. The molecule has 0 atom stereocenters. The molecule has 4 heteroatoms. The number of hydrogen-bond acceptors (Lipinski definition) is 2. The molecule has 2 nitrogen and oxygen atoms in total. The Labute approximate surface area is 113 Å². The number of nitrogen functional groups attached to an aromatic ring is 1. The van der Waals surface area contributed by atoms with E-state index in [9.17, 15) is 0 Å². The quantitative estimate of drug-likeness (QED) is 0.577. The molecule has 0 aliphatic heterocycles. The maximum atomic E-state index is 6.07. The fourth-order valence-corrected chi connectivity index (χ4v) is 2.29. The van der Waals surface area contributed by atoms with Gasteiger partial charge >= 0.3 is 0 Å². The number of hydrogen-bond donors (Lipinski definition) is 2. The minimum atomic E-state index is 0.582. The van der Waals surface area contributed by atoms with Gasteiger partial charge in [0.25, 0.3) is 0 Å². The Morgan fingerprint density at radius 3 is 2.29 bits per heavy atom. The summed E-state index contributed by atoms with van der Waals surface area (Å²) < 4.78 is 0. The van der Waals surface area contributed by atoms with Gasteiger partial charge in [0.05, 0.1) is 15.7 Å². The van der Waals surface area contributed by atoms with Gasteiger partial charge in [-0.3, -0.25) is 0 Å². The largest absolute Gasteiger partial charge is 0.399 e. The minimum absolute atomic E-state index is 0.582. The maximum Gasteiger partial charge on any atom is 0.0720 e. The molecule has 1 aromatic carbocycles. The standard InChI is InChI=1S/C13H20Cl2N2/c1-9(2)5-3-4-6-17-13-11(14)7-10(16)8-12(13)15/h7-9,17H,3-6,16H2,1-2H3. The average molecular weight is 275 g/mol. The Morgan fingerprint density at radius 1 is 1.18 bits per heavy atom. The molecule has 17 heavy (non-hydrogen) atoms. The van der Waals surface area contributed by atoms with Gasteiger partial charge in [-0.1, -0.05) is 49.9 Å². The van der Waals surface area contributed by atoms with Crippen LogP contribution in [-0.2, 0) is 0 Å².